The van der Waals surface area contributed by atoms with Crippen molar-refractivity contribution in [1.82, 2.24) is 9.97 Å². The highest BCUT2D eigenvalue weighted by Crippen LogP contribution is 2.41. The molecule has 2 aliphatic heterocycles. The first kappa shape index (κ1) is 23.7. The van der Waals surface area contributed by atoms with Crippen molar-refractivity contribution < 1.29 is 0 Å². The van der Waals surface area contributed by atoms with Crippen molar-refractivity contribution in [3.05, 3.63) is 110 Å². The summed E-state index contributed by atoms with van der Waals surface area (Å²) in [4.78, 5) is 8.76. The molecule has 40 heavy (non-hydrogen) atoms. The van der Waals surface area contributed by atoms with E-state index >= 15 is 0 Å². The Morgan fingerprint density at radius 3 is 1.25 bits per heavy atom. The molecule has 0 N–H and O–H groups in total. The van der Waals surface area contributed by atoms with Gasteiger partial charge in [-0.25, -0.2) is 0 Å². The van der Waals surface area contributed by atoms with Gasteiger partial charge in [0.15, 0.2) is 0 Å². The molecule has 2 aliphatic rings. The van der Waals surface area contributed by atoms with Gasteiger partial charge in [-0.05, 0) is 88.2 Å². The highest BCUT2D eigenvalue weighted by atomic mass is 28.3. The van der Waals surface area contributed by atoms with E-state index in [1.54, 1.807) is 10.4 Å². The Hall–Kier alpha value is -4.13. The second-order valence-electron chi connectivity index (χ2n) is 12.3. The van der Waals surface area contributed by atoms with Crippen LogP contribution in [0, 0.1) is 0 Å². The lowest BCUT2D eigenvalue weighted by Crippen LogP contribution is -2.59. The number of hydrogen-bond acceptors (Lipinski definition) is 2. The molecule has 0 fully saturated rings. The van der Waals surface area contributed by atoms with Crippen LogP contribution in [0.2, 0.25) is 26.2 Å². The van der Waals surface area contributed by atoms with Gasteiger partial charge in [-0.3, -0.25) is 9.97 Å². The van der Waals surface area contributed by atoms with Crippen LogP contribution in [-0.4, -0.2) is 26.1 Å². The van der Waals surface area contributed by atoms with Gasteiger partial charge < -0.3 is 0 Å². The predicted octanol–water partition coefficient (Wildman–Crippen LogP) is 6.57. The number of benzene rings is 4. The van der Waals surface area contributed by atoms with Crippen LogP contribution in [0.4, 0.5) is 0 Å². The summed E-state index contributed by atoms with van der Waals surface area (Å²) in [7, 11) is -3.93. The third-order valence-electron chi connectivity index (χ3n) is 9.46. The van der Waals surface area contributed by atoms with E-state index in [2.05, 4.69) is 109 Å². The quantitative estimate of drug-likeness (QED) is 0.230. The topological polar surface area (TPSA) is 25.8 Å². The lowest BCUT2D eigenvalue weighted by atomic mass is 9.90. The zero-order valence-electron chi connectivity index (χ0n) is 23.3. The normalized spacial score (nSPS) is 15.4. The van der Waals surface area contributed by atoms with Crippen molar-refractivity contribution in [3.63, 3.8) is 0 Å². The maximum absolute atomic E-state index is 4.38. The van der Waals surface area contributed by atoms with E-state index in [9.17, 15) is 0 Å². The van der Waals surface area contributed by atoms with Gasteiger partial charge in [0.25, 0.3) is 0 Å². The summed E-state index contributed by atoms with van der Waals surface area (Å²) in [6, 6.07) is 32.4. The lowest BCUT2D eigenvalue weighted by Gasteiger charge is -2.39. The standard InChI is InChI=1S/C36H30N2Si2/c1-39(2)31-15-16-32-36-30(28-12-10-24(20-34(28)40(32,3)4)26-8-6-18-38-22-26)14-13-29(35(31)36)27-11-9-23(19-33(27)39)25-7-5-17-37-21-25/h5-22H,1-4H3. The number of pyridine rings is 2. The number of nitrogens with zero attached hydrogens (tertiary/aromatic N) is 2. The van der Waals surface area contributed by atoms with Gasteiger partial charge in [-0.1, -0.05) is 99.0 Å². The second-order valence-corrected chi connectivity index (χ2v) is 21.0. The van der Waals surface area contributed by atoms with E-state index in [1.807, 2.05) is 36.9 Å². The number of hydrogen-bond donors (Lipinski definition) is 0. The Bertz CT molecular complexity index is 1850. The van der Waals surface area contributed by atoms with Gasteiger partial charge in [0, 0.05) is 24.8 Å². The van der Waals surface area contributed by atoms with E-state index < -0.39 is 16.1 Å². The fourth-order valence-electron chi connectivity index (χ4n) is 7.29. The monoisotopic (exact) mass is 546 g/mol. The van der Waals surface area contributed by atoms with E-state index in [0.29, 0.717) is 0 Å². The molecular formula is C36H30N2Si2. The van der Waals surface area contributed by atoms with Crippen molar-refractivity contribution >= 4 is 47.7 Å². The molecule has 4 aromatic carbocycles. The van der Waals surface area contributed by atoms with Crippen LogP contribution in [0.3, 0.4) is 0 Å². The minimum atomic E-state index is -1.96. The van der Waals surface area contributed by atoms with Gasteiger partial charge in [-0.15, -0.1) is 0 Å². The molecule has 0 bridgehead atoms. The van der Waals surface area contributed by atoms with Crippen molar-refractivity contribution in [2.45, 2.75) is 26.2 Å². The summed E-state index contributed by atoms with van der Waals surface area (Å²) < 4.78 is 0. The maximum Gasteiger partial charge on any atom is 0.113 e. The van der Waals surface area contributed by atoms with Gasteiger partial charge in [0.2, 0.25) is 0 Å². The van der Waals surface area contributed by atoms with Crippen LogP contribution in [0.1, 0.15) is 0 Å². The maximum atomic E-state index is 4.38. The molecule has 6 aromatic rings. The Morgan fingerprint density at radius 2 is 0.850 bits per heavy atom. The summed E-state index contributed by atoms with van der Waals surface area (Å²) in [5, 5.41) is 9.21. The van der Waals surface area contributed by atoms with E-state index in [-0.39, 0.29) is 0 Å². The zero-order chi connectivity index (χ0) is 27.2. The van der Waals surface area contributed by atoms with Crippen LogP contribution in [0.5, 0.6) is 0 Å². The van der Waals surface area contributed by atoms with Crippen molar-refractivity contribution in [2.24, 2.45) is 0 Å². The van der Waals surface area contributed by atoms with E-state index in [0.717, 1.165) is 0 Å². The van der Waals surface area contributed by atoms with Crippen LogP contribution >= 0.6 is 0 Å². The summed E-state index contributed by atoms with van der Waals surface area (Å²) in [6.07, 6.45) is 7.64. The average Bonchev–Trinajstić information content (AvgIpc) is 2.99. The molecule has 8 rings (SSSR count). The van der Waals surface area contributed by atoms with Crippen LogP contribution in [0.25, 0.3) is 55.3 Å². The molecule has 0 unspecified atom stereocenters. The van der Waals surface area contributed by atoms with Crippen LogP contribution in [0.15, 0.2) is 110 Å². The smallest absolute Gasteiger partial charge is 0.113 e. The Kier molecular flexibility index (Phi) is 4.86. The molecule has 0 spiro atoms. The molecule has 4 heteroatoms. The summed E-state index contributed by atoms with van der Waals surface area (Å²) in [5.74, 6) is 0. The van der Waals surface area contributed by atoms with Gasteiger partial charge in [-0.2, -0.15) is 0 Å². The Morgan fingerprint density at radius 1 is 0.425 bits per heavy atom. The summed E-state index contributed by atoms with van der Waals surface area (Å²) >= 11 is 0. The largest absolute Gasteiger partial charge is 0.264 e. The van der Waals surface area contributed by atoms with Crippen LogP contribution in [-0.2, 0) is 0 Å². The van der Waals surface area contributed by atoms with Crippen molar-refractivity contribution in [2.75, 3.05) is 0 Å². The molecule has 0 saturated heterocycles. The van der Waals surface area contributed by atoms with Crippen molar-refractivity contribution in [1.29, 1.82) is 0 Å². The first-order valence-corrected chi connectivity index (χ1v) is 20.1. The Balaban J connectivity index is 1.39. The van der Waals surface area contributed by atoms with Crippen molar-refractivity contribution in [3.8, 4) is 44.5 Å². The molecular weight excluding hydrogens is 517 g/mol. The minimum absolute atomic E-state index is 1.18. The molecule has 0 atom stereocenters. The molecule has 4 heterocycles. The Labute approximate surface area is 237 Å². The molecule has 0 aliphatic carbocycles. The third-order valence-corrected chi connectivity index (χ3v) is 16.5. The second kappa shape index (κ2) is 8.20. The minimum Gasteiger partial charge on any atom is -0.264 e. The summed E-state index contributed by atoms with van der Waals surface area (Å²) in [6.45, 7) is 10.1. The third kappa shape index (κ3) is 3.15. The number of fused-ring (bicyclic) bond motifs is 4. The molecule has 2 nitrogen and oxygen atoms in total. The molecule has 0 saturated carbocycles. The molecule has 0 radical (unpaired) electrons. The van der Waals surface area contributed by atoms with Crippen LogP contribution < -0.4 is 20.7 Å². The lowest BCUT2D eigenvalue weighted by molar-refractivity contribution is 1.33. The van der Waals surface area contributed by atoms with E-state index in [4.69, 9.17) is 0 Å². The number of aromatic nitrogens is 2. The molecule has 192 valence electrons. The average molecular weight is 547 g/mol. The highest BCUT2D eigenvalue weighted by molar-refractivity contribution is 7.05. The molecule has 0 amide bonds. The number of rotatable bonds is 2. The zero-order valence-corrected chi connectivity index (χ0v) is 25.3. The highest BCUT2D eigenvalue weighted by Gasteiger charge is 2.41. The summed E-state index contributed by atoms with van der Waals surface area (Å²) in [5.41, 5.74) is 10.5. The predicted molar refractivity (Wildman–Crippen MR) is 175 cm³/mol. The fourth-order valence-corrected chi connectivity index (χ4v) is 13.5. The first-order chi connectivity index (χ1) is 19.4. The molecule has 2 aromatic heterocycles. The van der Waals surface area contributed by atoms with Gasteiger partial charge >= 0.3 is 0 Å². The first-order valence-electron chi connectivity index (χ1n) is 14.1. The van der Waals surface area contributed by atoms with Gasteiger partial charge in [0.05, 0.1) is 0 Å². The van der Waals surface area contributed by atoms with E-state index in [1.165, 1.54) is 65.7 Å². The van der Waals surface area contributed by atoms with Gasteiger partial charge in [0.1, 0.15) is 16.1 Å². The fraction of sp³-hybridized carbons (Fsp3) is 0.111. The SMILES string of the molecule is C[Si]1(C)c2cc(-c3cccnc3)ccc2-c2ccc3c4c(ccc1c24)[Si](C)(C)c1cc(-c2cccnc2)ccc1-3.